The summed E-state index contributed by atoms with van der Waals surface area (Å²) in [6, 6.07) is 9.66. The summed E-state index contributed by atoms with van der Waals surface area (Å²) in [7, 11) is 1.87. The van der Waals surface area contributed by atoms with Crippen LogP contribution in [0.1, 0.15) is 5.69 Å². The lowest BCUT2D eigenvalue weighted by Crippen LogP contribution is -2.04. The molecule has 7 nitrogen and oxygen atoms in total. The van der Waals surface area contributed by atoms with Gasteiger partial charge in [-0.05, 0) is 29.6 Å². The van der Waals surface area contributed by atoms with Gasteiger partial charge in [0.05, 0.1) is 11.4 Å². The topological polar surface area (TPSA) is 81.7 Å². The second-order valence-electron chi connectivity index (χ2n) is 4.02. The molecule has 96 valence electrons. The Morgan fingerprint density at radius 1 is 1.32 bits per heavy atom. The van der Waals surface area contributed by atoms with E-state index in [0.717, 1.165) is 22.7 Å². The van der Waals surface area contributed by atoms with Crippen molar-refractivity contribution in [3.63, 3.8) is 0 Å². The van der Waals surface area contributed by atoms with Crippen LogP contribution in [-0.4, -0.2) is 32.4 Å². The highest BCUT2D eigenvalue weighted by Gasteiger charge is 2.07. The van der Waals surface area contributed by atoms with E-state index < -0.39 is 0 Å². The molecule has 2 heterocycles. The van der Waals surface area contributed by atoms with Crippen molar-refractivity contribution in [2.24, 2.45) is 0 Å². The molecule has 0 fully saturated rings. The van der Waals surface area contributed by atoms with Crippen LogP contribution in [0.25, 0.3) is 17.0 Å². The number of tetrazole rings is 1. The van der Waals surface area contributed by atoms with Gasteiger partial charge in [-0.3, -0.25) is 0 Å². The summed E-state index contributed by atoms with van der Waals surface area (Å²) in [6.45, 7) is 0.677. The molecule has 0 amide bonds. The van der Waals surface area contributed by atoms with E-state index in [0.29, 0.717) is 6.54 Å². The van der Waals surface area contributed by atoms with Crippen LogP contribution in [0.15, 0.2) is 41.2 Å². The highest BCUT2D eigenvalue weighted by atomic mass is 16.5. The Labute approximate surface area is 109 Å². The third-order valence-electron chi connectivity index (χ3n) is 2.66. The van der Waals surface area contributed by atoms with Crippen molar-refractivity contribution in [1.29, 1.82) is 0 Å². The highest BCUT2D eigenvalue weighted by Crippen LogP contribution is 2.22. The molecule has 0 aliphatic rings. The lowest BCUT2D eigenvalue weighted by molar-refractivity contribution is 0.421. The lowest BCUT2D eigenvalue weighted by Gasteiger charge is -2.00. The average Bonchev–Trinajstić information content (AvgIpc) is 3.11. The Balaban J connectivity index is 1.94. The minimum absolute atomic E-state index is 0.677. The third-order valence-corrected chi connectivity index (χ3v) is 2.66. The Kier molecular flexibility index (Phi) is 3.03. The summed E-state index contributed by atoms with van der Waals surface area (Å²) in [5.74, 6) is 0.722. The quantitative estimate of drug-likeness (QED) is 0.751. The normalized spacial score (nSPS) is 10.8. The zero-order chi connectivity index (χ0) is 13.1. The van der Waals surface area contributed by atoms with Crippen molar-refractivity contribution in [3.05, 3.63) is 42.4 Å². The van der Waals surface area contributed by atoms with Gasteiger partial charge in [0.25, 0.3) is 0 Å². The first-order valence-electron chi connectivity index (χ1n) is 5.81. The fourth-order valence-corrected chi connectivity index (χ4v) is 1.79. The largest absolute Gasteiger partial charge is 0.356 e. The standard InChI is InChI=1S/C12H12N6O/c1-13-7-10-6-12(19-15-10)9-3-2-4-11(5-9)18-8-14-16-17-18/h2-6,8,13H,7H2,1H3. The molecule has 7 heteroatoms. The molecular weight excluding hydrogens is 244 g/mol. The van der Waals surface area contributed by atoms with Crippen LogP contribution in [0.4, 0.5) is 0 Å². The van der Waals surface area contributed by atoms with Crippen LogP contribution < -0.4 is 5.32 Å². The number of nitrogens with one attached hydrogen (secondary N) is 1. The SMILES string of the molecule is CNCc1cc(-c2cccc(-n3cnnn3)c2)on1. The highest BCUT2D eigenvalue weighted by molar-refractivity contribution is 5.60. The Bertz CT molecular complexity index is 660. The molecule has 3 rings (SSSR count). The summed E-state index contributed by atoms with van der Waals surface area (Å²) in [6.07, 6.45) is 1.55. The molecular formula is C12H12N6O. The molecule has 0 spiro atoms. The monoisotopic (exact) mass is 256 g/mol. The summed E-state index contributed by atoms with van der Waals surface area (Å²) in [4.78, 5) is 0. The minimum Gasteiger partial charge on any atom is -0.356 e. The molecule has 0 saturated carbocycles. The maximum Gasteiger partial charge on any atom is 0.167 e. The van der Waals surface area contributed by atoms with Crippen molar-refractivity contribution < 1.29 is 4.52 Å². The van der Waals surface area contributed by atoms with Crippen molar-refractivity contribution in [3.8, 4) is 17.0 Å². The number of hydrogen-bond donors (Lipinski definition) is 1. The summed E-state index contributed by atoms with van der Waals surface area (Å²) < 4.78 is 6.92. The van der Waals surface area contributed by atoms with Crippen LogP contribution in [0, 0.1) is 0 Å². The molecule has 0 atom stereocenters. The van der Waals surface area contributed by atoms with Gasteiger partial charge in [0.15, 0.2) is 5.76 Å². The number of rotatable bonds is 4. The fraction of sp³-hybridized carbons (Fsp3) is 0.167. The molecule has 2 aromatic heterocycles. The molecule has 0 aliphatic heterocycles. The van der Waals surface area contributed by atoms with E-state index in [1.807, 2.05) is 37.4 Å². The maximum absolute atomic E-state index is 5.32. The van der Waals surface area contributed by atoms with Gasteiger partial charge >= 0.3 is 0 Å². The van der Waals surface area contributed by atoms with Crippen molar-refractivity contribution >= 4 is 0 Å². The summed E-state index contributed by atoms with van der Waals surface area (Å²) in [5, 5.41) is 18.1. The molecule has 0 bridgehead atoms. The predicted octanol–water partition coefficient (Wildman–Crippen LogP) is 1.04. The average molecular weight is 256 g/mol. The number of benzene rings is 1. The Hall–Kier alpha value is -2.54. The number of hydrogen-bond acceptors (Lipinski definition) is 6. The first-order chi connectivity index (χ1) is 9.36. The van der Waals surface area contributed by atoms with Gasteiger partial charge in [-0.25, -0.2) is 4.68 Å². The zero-order valence-corrected chi connectivity index (χ0v) is 10.3. The van der Waals surface area contributed by atoms with Crippen LogP contribution in [0.2, 0.25) is 0 Å². The smallest absolute Gasteiger partial charge is 0.167 e. The van der Waals surface area contributed by atoms with E-state index >= 15 is 0 Å². The zero-order valence-electron chi connectivity index (χ0n) is 10.3. The second-order valence-corrected chi connectivity index (χ2v) is 4.02. The third kappa shape index (κ3) is 2.36. The van der Waals surface area contributed by atoms with Gasteiger partial charge in [0, 0.05) is 18.2 Å². The molecule has 1 N–H and O–H groups in total. The summed E-state index contributed by atoms with van der Waals surface area (Å²) >= 11 is 0. The summed E-state index contributed by atoms with van der Waals surface area (Å²) in [5.41, 5.74) is 2.67. The molecule has 0 aliphatic carbocycles. The van der Waals surface area contributed by atoms with Crippen LogP contribution in [-0.2, 0) is 6.54 Å². The van der Waals surface area contributed by atoms with Crippen LogP contribution in [0.5, 0.6) is 0 Å². The van der Waals surface area contributed by atoms with Crippen molar-refractivity contribution in [1.82, 2.24) is 30.7 Å². The van der Waals surface area contributed by atoms with Gasteiger partial charge in [-0.1, -0.05) is 17.3 Å². The second kappa shape index (κ2) is 4.99. The molecule has 0 radical (unpaired) electrons. The van der Waals surface area contributed by atoms with Crippen molar-refractivity contribution in [2.45, 2.75) is 6.54 Å². The minimum atomic E-state index is 0.677. The predicted molar refractivity (Wildman–Crippen MR) is 67.4 cm³/mol. The number of nitrogens with zero attached hydrogens (tertiary/aromatic N) is 5. The van der Waals surface area contributed by atoms with E-state index in [9.17, 15) is 0 Å². The van der Waals surface area contributed by atoms with Crippen LogP contribution >= 0.6 is 0 Å². The van der Waals surface area contributed by atoms with E-state index in [2.05, 4.69) is 26.0 Å². The molecule has 3 aromatic rings. The van der Waals surface area contributed by atoms with Gasteiger partial charge in [0.1, 0.15) is 6.33 Å². The lowest BCUT2D eigenvalue weighted by atomic mass is 10.1. The van der Waals surface area contributed by atoms with E-state index in [1.54, 1.807) is 11.0 Å². The molecule has 0 unspecified atom stereocenters. The van der Waals surface area contributed by atoms with Gasteiger partial charge in [-0.2, -0.15) is 0 Å². The van der Waals surface area contributed by atoms with E-state index in [4.69, 9.17) is 4.52 Å². The van der Waals surface area contributed by atoms with E-state index in [1.165, 1.54) is 0 Å². The van der Waals surface area contributed by atoms with Gasteiger partial charge < -0.3 is 9.84 Å². The van der Waals surface area contributed by atoms with E-state index in [-0.39, 0.29) is 0 Å². The molecule has 19 heavy (non-hydrogen) atoms. The maximum atomic E-state index is 5.32. The fourth-order valence-electron chi connectivity index (χ4n) is 1.79. The molecule has 1 aromatic carbocycles. The van der Waals surface area contributed by atoms with Crippen LogP contribution in [0.3, 0.4) is 0 Å². The van der Waals surface area contributed by atoms with Gasteiger partial charge in [-0.15, -0.1) is 5.10 Å². The Morgan fingerprint density at radius 3 is 3.05 bits per heavy atom. The van der Waals surface area contributed by atoms with Crippen molar-refractivity contribution in [2.75, 3.05) is 7.05 Å². The van der Waals surface area contributed by atoms with Gasteiger partial charge in [0.2, 0.25) is 0 Å². The first-order valence-corrected chi connectivity index (χ1v) is 5.81. The first kappa shape index (κ1) is 11.5. The number of aromatic nitrogens is 5. The Morgan fingerprint density at radius 2 is 2.26 bits per heavy atom. The molecule has 0 saturated heterocycles.